The van der Waals surface area contributed by atoms with E-state index in [4.69, 9.17) is 12.6 Å². The molecule has 0 spiro atoms. The van der Waals surface area contributed by atoms with Crippen molar-refractivity contribution in [3.63, 3.8) is 0 Å². The average Bonchev–Trinajstić information content (AvgIpc) is 3.58. The topological polar surface area (TPSA) is 38.9 Å². The molecule has 0 saturated heterocycles. The summed E-state index contributed by atoms with van der Waals surface area (Å²) in [5.41, 5.74) is 6.02. The summed E-state index contributed by atoms with van der Waals surface area (Å²) in [6.07, 6.45) is 3.27. The third-order valence-corrected chi connectivity index (χ3v) is 10.7. The smallest absolute Gasteiger partial charge is 0.135 e. The summed E-state index contributed by atoms with van der Waals surface area (Å²) in [6.45, 7) is 7.98. The van der Waals surface area contributed by atoms with E-state index < -0.39 is 21.8 Å². The quantitative estimate of drug-likeness (QED) is 0.128. The number of fused-ring (bicyclic) bond motifs is 1. The minimum Gasteiger partial charge on any atom is -0.456 e. The molecule has 1 radical (unpaired) electrons. The molecule has 51 heavy (non-hydrogen) atoms. The molecule has 6 heteroatoms. The molecular formula is C45H44FIrN2OSi-. The predicted molar refractivity (Wildman–Crippen MR) is 210 cm³/mol. The van der Waals surface area contributed by atoms with Gasteiger partial charge in [-0.25, -0.2) is 0 Å². The maximum Gasteiger partial charge on any atom is 0.135 e. The number of pyridine rings is 2. The van der Waals surface area contributed by atoms with Crippen LogP contribution in [0.25, 0.3) is 55.9 Å². The molecule has 0 atom stereocenters. The maximum absolute atomic E-state index is 12.8. The van der Waals surface area contributed by atoms with Crippen LogP contribution in [0.3, 0.4) is 0 Å². The van der Waals surface area contributed by atoms with Gasteiger partial charge < -0.3 is 9.40 Å². The molecule has 7 aromatic rings. The number of hydrogen-bond donors (Lipinski definition) is 0. The van der Waals surface area contributed by atoms with Crippen LogP contribution in [0.15, 0.2) is 126 Å². The fourth-order valence-electron chi connectivity index (χ4n) is 5.60. The SMILES string of the molecule is C[Si](C)(C)c1ccc(-c2[c-]cc(F)cc2)nc1.[2H]C([2H])([2H])c1cnc(-c2cccc(-c3cc4ccccc4o3)c2)cc1-c1ccc(C(C)(C)C)cc1C([2H])([2H])[2H].[Ir]. The molecule has 0 bridgehead atoms. The van der Waals surface area contributed by atoms with E-state index in [0.717, 1.165) is 38.9 Å². The first-order valence-corrected chi connectivity index (χ1v) is 20.1. The molecule has 0 aliphatic rings. The molecule has 4 aromatic carbocycles. The van der Waals surface area contributed by atoms with Gasteiger partial charge in [-0.15, -0.1) is 29.8 Å². The third kappa shape index (κ3) is 8.88. The van der Waals surface area contributed by atoms with Crippen LogP contribution in [0.1, 0.15) is 45.7 Å². The Morgan fingerprint density at radius 3 is 2.16 bits per heavy atom. The summed E-state index contributed by atoms with van der Waals surface area (Å²) in [5.74, 6) is 0.437. The molecule has 0 N–H and O–H groups in total. The molecule has 7 rings (SSSR count). The minimum atomic E-state index is -2.48. The van der Waals surface area contributed by atoms with Gasteiger partial charge in [-0.1, -0.05) is 107 Å². The fraction of sp³-hybridized carbons (Fsp3) is 0.200. The van der Waals surface area contributed by atoms with Gasteiger partial charge in [-0.2, -0.15) is 0 Å². The van der Waals surface area contributed by atoms with Crippen LogP contribution < -0.4 is 5.19 Å². The van der Waals surface area contributed by atoms with E-state index in [0.29, 0.717) is 22.6 Å². The Morgan fingerprint density at radius 1 is 0.725 bits per heavy atom. The summed E-state index contributed by atoms with van der Waals surface area (Å²) >= 11 is 0. The van der Waals surface area contributed by atoms with Crippen LogP contribution in [-0.4, -0.2) is 18.0 Å². The Kier molecular flexibility index (Phi) is 9.11. The Balaban J connectivity index is 0.000000289. The van der Waals surface area contributed by atoms with E-state index in [2.05, 4.69) is 41.7 Å². The van der Waals surface area contributed by atoms with E-state index in [9.17, 15) is 4.39 Å². The van der Waals surface area contributed by atoms with Crippen LogP contribution in [0.4, 0.5) is 4.39 Å². The van der Waals surface area contributed by atoms with E-state index in [1.807, 2.05) is 93.7 Å². The molecule has 3 heterocycles. The second-order valence-corrected chi connectivity index (χ2v) is 19.5. The molecule has 0 fully saturated rings. The zero-order chi connectivity index (χ0) is 40.6. The molecule has 0 aliphatic carbocycles. The third-order valence-electron chi connectivity index (χ3n) is 8.63. The molecule has 0 amide bonds. The van der Waals surface area contributed by atoms with Crippen molar-refractivity contribution in [3.05, 3.63) is 150 Å². The molecule has 3 aromatic heterocycles. The molecule has 0 saturated carbocycles. The van der Waals surface area contributed by atoms with Crippen molar-refractivity contribution in [3.8, 4) is 45.0 Å². The summed E-state index contributed by atoms with van der Waals surface area (Å²) in [6, 6.07) is 35.8. The van der Waals surface area contributed by atoms with Gasteiger partial charge in [0.05, 0.1) is 13.8 Å². The van der Waals surface area contributed by atoms with Gasteiger partial charge in [0.15, 0.2) is 0 Å². The van der Waals surface area contributed by atoms with Gasteiger partial charge in [0, 0.05) is 63.1 Å². The number of para-hydroxylation sites is 1. The number of hydrogen-bond acceptors (Lipinski definition) is 3. The molecular weight excluding hydrogens is 824 g/mol. The summed E-state index contributed by atoms with van der Waals surface area (Å²) in [7, 11) is -1.30. The summed E-state index contributed by atoms with van der Waals surface area (Å²) in [5, 5.41) is 2.32. The Bertz CT molecular complexity index is 2450. The largest absolute Gasteiger partial charge is 0.456 e. The molecule has 0 unspecified atom stereocenters. The Labute approximate surface area is 324 Å². The van der Waals surface area contributed by atoms with Crippen molar-refractivity contribution < 1.29 is 37.1 Å². The number of rotatable bonds is 5. The van der Waals surface area contributed by atoms with E-state index >= 15 is 0 Å². The first-order valence-electron chi connectivity index (χ1n) is 19.6. The van der Waals surface area contributed by atoms with Crippen molar-refractivity contribution in [2.75, 3.05) is 0 Å². The van der Waals surface area contributed by atoms with Crippen LogP contribution in [0.2, 0.25) is 19.6 Å². The van der Waals surface area contributed by atoms with Crippen LogP contribution >= 0.6 is 0 Å². The first-order chi connectivity index (χ1) is 26.2. The normalized spacial score (nSPS) is 13.7. The number of furan rings is 1. The number of halogens is 1. The van der Waals surface area contributed by atoms with Gasteiger partial charge in [-0.3, -0.25) is 9.37 Å². The number of aryl methyl sites for hydroxylation is 2. The van der Waals surface area contributed by atoms with Crippen molar-refractivity contribution >= 4 is 24.2 Å². The van der Waals surface area contributed by atoms with E-state index in [1.54, 1.807) is 24.3 Å². The van der Waals surface area contributed by atoms with E-state index in [-0.39, 0.29) is 42.5 Å². The molecule has 261 valence electrons. The van der Waals surface area contributed by atoms with Gasteiger partial charge >= 0.3 is 0 Å². The number of benzene rings is 4. The van der Waals surface area contributed by atoms with Gasteiger partial charge in [0.1, 0.15) is 11.3 Å². The van der Waals surface area contributed by atoms with Crippen LogP contribution in [-0.2, 0) is 25.5 Å². The molecule has 3 nitrogen and oxygen atoms in total. The van der Waals surface area contributed by atoms with Gasteiger partial charge in [-0.05, 0) is 82.1 Å². The van der Waals surface area contributed by atoms with Crippen molar-refractivity contribution in [1.29, 1.82) is 0 Å². The maximum atomic E-state index is 12.8. The zero-order valence-electron chi connectivity index (χ0n) is 35.6. The fourth-order valence-corrected chi connectivity index (χ4v) is 6.63. The standard InChI is InChI=1S/C31H29NO.C14H15FNSi.Ir/c1-20-15-25(31(3,4)5)13-14-26(20)27-18-28(32-19-21(27)2)22-10-8-11-23(16-22)30-17-24-9-6-7-12-29(24)33-30;1-17(2,3)13-8-9-14(16-10-13)11-4-6-12(15)7-5-11;/h6-19H,1-5H3;4,6-10H,1-3H3;/q;-1;/i1D3,2D3;;. The average molecular weight is 874 g/mol. The zero-order valence-corrected chi connectivity index (χ0v) is 33.0. The van der Waals surface area contributed by atoms with Crippen molar-refractivity contribution in [1.82, 2.24) is 9.97 Å². The monoisotopic (exact) mass is 874 g/mol. The summed E-state index contributed by atoms with van der Waals surface area (Å²) in [4.78, 5) is 8.92. The van der Waals surface area contributed by atoms with Crippen molar-refractivity contribution in [2.45, 2.75) is 59.5 Å². The van der Waals surface area contributed by atoms with Crippen molar-refractivity contribution in [2.24, 2.45) is 0 Å². The first kappa shape index (κ1) is 30.2. The van der Waals surface area contributed by atoms with Gasteiger partial charge in [0.2, 0.25) is 0 Å². The van der Waals surface area contributed by atoms with E-state index in [1.165, 1.54) is 23.5 Å². The minimum absolute atomic E-state index is 0. The predicted octanol–water partition coefficient (Wildman–Crippen LogP) is 12.0. The number of nitrogens with zero attached hydrogens (tertiary/aromatic N) is 2. The second kappa shape index (κ2) is 15.4. The molecule has 0 aliphatic heterocycles. The Morgan fingerprint density at radius 2 is 1.49 bits per heavy atom. The van der Waals surface area contributed by atoms with Crippen LogP contribution in [0.5, 0.6) is 0 Å². The Hall–Kier alpha value is -4.48. The van der Waals surface area contributed by atoms with Gasteiger partial charge in [0.25, 0.3) is 0 Å². The summed E-state index contributed by atoms with van der Waals surface area (Å²) < 4.78 is 68.0. The second-order valence-electron chi connectivity index (χ2n) is 14.5. The van der Waals surface area contributed by atoms with Crippen LogP contribution in [0, 0.1) is 25.6 Å². The number of aromatic nitrogens is 2.